The first kappa shape index (κ1) is 17.9. The molecule has 1 heterocycles. The summed E-state index contributed by atoms with van der Waals surface area (Å²) >= 11 is 0. The molecule has 0 aromatic heterocycles. The summed E-state index contributed by atoms with van der Waals surface area (Å²) in [6.45, 7) is 2.92. The van der Waals surface area contributed by atoms with Crippen LogP contribution in [0.15, 0.2) is 24.3 Å². The van der Waals surface area contributed by atoms with Crippen molar-refractivity contribution >= 4 is 21.0 Å². The van der Waals surface area contributed by atoms with Crippen LogP contribution in [0.3, 0.4) is 0 Å². The molecule has 1 saturated carbocycles. The number of ether oxygens (including phenoxy) is 1. The second kappa shape index (κ2) is 6.78. The number of nitrogens with one attached hydrogen (secondary N) is 1. The van der Waals surface area contributed by atoms with E-state index < -0.39 is 26.2 Å². The topological polar surface area (TPSA) is 89.5 Å². The number of imide groups is 1. The summed E-state index contributed by atoms with van der Waals surface area (Å²) in [6, 6.07) is 7.04. The van der Waals surface area contributed by atoms with Crippen LogP contribution >= 0.6 is 0 Å². The average Bonchev–Trinajstić information content (AvgIpc) is 2.77. The van der Waals surface area contributed by atoms with Crippen LogP contribution in [0, 0.1) is 5.41 Å². The lowest BCUT2D eigenvalue weighted by Gasteiger charge is -2.33. The molecule has 1 saturated heterocycles. The van der Waals surface area contributed by atoms with E-state index in [4.69, 9.17) is 4.74 Å². The smallest absolute Gasteiger partial charge is 0.343 e. The Bertz CT molecular complexity index is 763. The van der Waals surface area contributed by atoms with Gasteiger partial charge in [-0.25, -0.2) is 8.42 Å². The van der Waals surface area contributed by atoms with Gasteiger partial charge < -0.3 is 4.74 Å². The second-order valence-electron chi connectivity index (χ2n) is 7.32. The number of rotatable bonds is 5. The van der Waals surface area contributed by atoms with Gasteiger partial charge in [-0.1, -0.05) is 38.3 Å². The van der Waals surface area contributed by atoms with E-state index in [0.29, 0.717) is 12.2 Å². The maximum Gasteiger partial charge on any atom is 0.343 e. The summed E-state index contributed by atoms with van der Waals surface area (Å²) in [6.07, 6.45) is 6.12. The first-order chi connectivity index (χ1) is 11.8. The molecular formula is C18H23NO5S. The van der Waals surface area contributed by atoms with Gasteiger partial charge in [-0.2, -0.15) is 0 Å². The number of hydrogen-bond acceptors (Lipinski definition) is 5. The van der Waals surface area contributed by atoms with Gasteiger partial charge in [0.2, 0.25) is 15.7 Å². The highest BCUT2D eigenvalue weighted by Gasteiger charge is 2.46. The molecule has 25 heavy (non-hydrogen) atoms. The standard InChI is InChI=1S/C18H23NO5S/c1-18(9-3-2-4-10-18)12-24-14-7-5-13(6-8-14)11-15-16(20)19-17(21)25(15,22)23/h5-8,15H,2-4,9-12H2,1H3,(H,19,20,21). The van der Waals surface area contributed by atoms with E-state index in [-0.39, 0.29) is 11.8 Å². The SMILES string of the molecule is CC1(COc2ccc(CC3C(=O)NC(=O)S3(=O)=O)cc2)CCCCC1. The van der Waals surface area contributed by atoms with E-state index in [0.717, 1.165) is 5.75 Å². The van der Waals surface area contributed by atoms with Crippen LogP contribution in [0.25, 0.3) is 0 Å². The highest BCUT2D eigenvalue weighted by molar-refractivity contribution is 8.07. The van der Waals surface area contributed by atoms with Gasteiger partial charge in [-0.3, -0.25) is 14.9 Å². The average molecular weight is 365 g/mol. The van der Waals surface area contributed by atoms with Crippen molar-refractivity contribution in [2.45, 2.75) is 50.7 Å². The minimum atomic E-state index is -4.09. The summed E-state index contributed by atoms with van der Waals surface area (Å²) in [5, 5.41) is -0.686. The molecule has 0 spiro atoms. The Morgan fingerprint density at radius 2 is 1.76 bits per heavy atom. The Labute approximate surface area is 147 Å². The number of carbonyl (C=O) groups excluding carboxylic acids is 2. The Morgan fingerprint density at radius 1 is 1.12 bits per heavy atom. The third kappa shape index (κ3) is 3.86. The number of amides is 2. The highest BCUT2D eigenvalue weighted by Crippen LogP contribution is 2.36. The van der Waals surface area contributed by atoms with E-state index >= 15 is 0 Å². The summed E-state index contributed by atoms with van der Waals surface area (Å²) in [5.41, 5.74) is 0.891. The normalized spacial score (nSPS) is 24.8. The Hall–Kier alpha value is -1.89. The molecule has 1 N–H and O–H groups in total. The van der Waals surface area contributed by atoms with E-state index in [1.807, 2.05) is 5.32 Å². The van der Waals surface area contributed by atoms with E-state index in [9.17, 15) is 18.0 Å². The maximum atomic E-state index is 11.8. The fourth-order valence-corrected chi connectivity index (χ4v) is 4.72. The Morgan fingerprint density at radius 3 is 2.32 bits per heavy atom. The van der Waals surface area contributed by atoms with Gasteiger partial charge in [-0.05, 0) is 37.0 Å². The van der Waals surface area contributed by atoms with Gasteiger partial charge in [-0.15, -0.1) is 0 Å². The molecule has 3 rings (SSSR count). The molecule has 1 atom stereocenters. The molecule has 2 fully saturated rings. The fourth-order valence-electron chi connectivity index (χ4n) is 3.47. The van der Waals surface area contributed by atoms with Crippen LogP contribution in [-0.2, 0) is 21.1 Å². The van der Waals surface area contributed by atoms with Crippen molar-refractivity contribution < 1.29 is 22.7 Å². The number of hydrogen-bond donors (Lipinski definition) is 1. The van der Waals surface area contributed by atoms with E-state index in [1.54, 1.807) is 24.3 Å². The number of benzene rings is 1. The van der Waals surface area contributed by atoms with Crippen molar-refractivity contribution in [1.82, 2.24) is 5.32 Å². The van der Waals surface area contributed by atoms with Gasteiger partial charge >= 0.3 is 5.24 Å². The summed E-state index contributed by atoms with van der Waals surface area (Å²) in [4.78, 5) is 22.9. The molecule has 1 aromatic carbocycles. The molecule has 1 unspecified atom stereocenters. The molecule has 1 aliphatic heterocycles. The zero-order valence-corrected chi connectivity index (χ0v) is 15.1. The quantitative estimate of drug-likeness (QED) is 0.866. The molecule has 2 aliphatic rings. The minimum Gasteiger partial charge on any atom is -0.493 e. The first-order valence-electron chi connectivity index (χ1n) is 8.61. The third-order valence-electron chi connectivity index (χ3n) is 5.14. The zero-order chi connectivity index (χ0) is 18.1. The van der Waals surface area contributed by atoms with Crippen molar-refractivity contribution in [2.75, 3.05) is 6.61 Å². The molecule has 1 aliphatic carbocycles. The molecule has 6 nitrogen and oxygen atoms in total. The second-order valence-corrected chi connectivity index (χ2v) is 9.35. The molecular weight excluding hydrogens is 342 g/mol. The van der Waals surface area contributed by atoms with Crippen LogP contribution in [0.5, 0.6) is 5.75 Å². The van der Waals surface area contributed by atoms with Crippen molar-refractivity contribution in [3.8, 4) is 5.75 Å². The van der Waals surface area contributed by atoms with Gasteiger partial charge in [0.1, 0.15) is 5.75 Å². The lowest BCUT2D eigenvalue weighted by atomic mass is 9.76. The summed E-state index contributed by atoms with van der Waals surface area (Å²) in [5.74, 6) is -0.0269. The third-order valence-corrected chi connectivity index (χ3v) is 6.89. The predicted octanol–water partition coefficient (Wildman–Crippen LogP) is 2.61. The van der Waals surface area contributed by atoms with Gasteiger partial charge in [0, 0.05) is 5.41 Å². The Kier molecular flexibility index (Phi) is 4.86. The maximum absolute atomic E-state index is 11.8. The van der Waals surface area contributed by atoms with Crippen LogP contribution in [0.4, 0.5) is 4.79 Å². The zero-order valence-electron chi connectivity index (χ0n) is 14.3. The van der Waals surface area contributed by atoms with Crippen molar-refractivity contribution in [3.05, 3.63) is 29.8 Å². The van der Waals surface area contributed by atoms with Crippen molar-refractivity contribution in [1.29, 1.82) is 0 Å². The molecule has 0 radical (unpaired) electrons. The predicted molar refractivity (Wildman–Crippen MR) is 93.1 cm³/mol. The van der Waals surface area contributed by atoms with Gasteiger partial charge in [0.25, 0.3) is 0 Å². The lowest BCUT2D eigenvalue weighted by molar-refractivity contribution is -0.119. The van der Waals surface area contributed by atoms with Crippen LogP contribution in [0.1, 0.15) is 44.6 Å². The van der Waals surface area contributed by atoms with Crippen molar-refractivity contribution in [2.24, 2.45) is 5.41 Å². The number of sulfone groups is 1. The number of carbonyl (C=O) groups is 2. The van der Waals surface area contributed by atoms with Gasteiger partial charge in [0.15, 0.2) is 5.25 Å². The molecule has 136 valence electrons. The van der Waals surface area contributed by atoms with E-state index in [2.05, 4.69) is 6.92 Å². The summed E-state index contributed by atoms with van der Waals surface area (Å²) in [7, 11) is -4.09. The van der Waals surface area contributed by atoms with Crippen molar-refractivity contribution in [3.63, 3.8) is 0 Å². The molecule has 0 bridgehead atoms. The first-order valence-corrected chi connectivity index (χ1v) is 10.2. The highest BCUT2D eigenvalue weighted by atomic mass is 32.2. The molecule has 1 aromatic rings. The Balaban J connectivity index is 1.61. The summed E-state index contributed by atoms with van der Waals surface area (Å²) < 4.78 is 29.6. The van der Waals surface area contributed by atoms with Crippen LogP contribution in [-0.4, -0.2) is 31.4 Å². The monoisotopic (exact) mass is 365 g/mol. The van der Waals surface area contributed by atoms with Crippen LogP contribution in [0.2, 0.25) is 0 Å². The largest absolute Gasteiger partial charge is 0.493 e. The minimum absolute atomic E-state index is 0.0160. The van der Waals surface area contributed by atoms with Gasteiger partial charge in [0.05, 0.1) is 6.61 Å². The van der Waals surface area contributed by atoms with Crippen LogP contribution < -0.4 is 10.1 Å². The molecule has 7 heteroatoms. The van der Waals surface area contributed by atoms with E-state index in [1.165, 1.54) is 32.1 Å². The fraction of sp³-hybridized carbons (Fsp3) is 0.556. The lowest BCUT2D eigenvalue weighted by Crippen LogP contribution is -2.28. The molecule has 2 amide bonds.